The van der Waals surface area contributed by atoms with Crippen molar-refractivity contribution in [3.05, 3.63) is 33.8 Å². The van der Waals surface area contributed by atoms with Crippen LogP contribution in [0, 0.1) is 0 Å². The standard InChI is InChI=1S/C14H20Cl2N2S/c15-11-5-6-14(16)10(7-11)8-12(18-17)9-19-13-3-1-2-4-13/h5-7,12-13,18H,1-4,8-9,17H2. The SMILES string of the molecule is NNC(CSC1CCCC1)Cc1cc(Cl)ccc1Cl. The van der Waals surface area contributed by atoms with E-state index in [4.69, 9.17) is 29.0 Å². The Bertz CT molecular complexity index is 408. The van der Waals surface area contributed by atoms with Crippen molar-refractivity contribution < 1.29 is 0 Å². The summed E-state index contributed by atoms with van der Waals surface area (Å²) in [5.41, 5.74) is 3.96. The minimum absolute atomic E-state index is 0.238. The second kappa shape index (κ2) is 7.75. The predicted molar refractivity (Wildman–Crippen MR) is 86.0 cm³/mol. The van der Waals surface area contributed by atoms with Crippen molar-refractivity contribution in [2.75, 3.05) is 5.75 Å². The summed E-state index contributed by atoms with van der Waals surface area (Å²) in [6.07, 6.45) is 6.26. The predicted octanol–water partition coefficient (Wildman–Crippen LogP) is 4.04. The lowest BCUT2D eigenvalue weighted by Crippen LogP contribution is -2.39. The third kappa shape index (κ3) is 4.83. The van der Waals surface area contributed by atoms with Crippen LogP contribution in [0.3, 0.4) is 0 Å². The van der Waals surface area contributed by atoms with Gasteiger partial charge in [0.1, 0.15) is 0 Å². The lowest BCUT2D eigenvalue weighted by Gasteiger charge is -2.18. The van der Waals surface area contributed by atoms with Crippen molar-refractivity contribution in [1.82, 2.24) is 5.43 Å². The van der Waals surface area contributed by atoms with Crippen LogP contribution in [0.25, 0.3) is 0 Å². The molecule has 1 aliphatic rings. The van der Waals surface area contributed by atoms with Crippen LogP contribution in [0.4, 0.5) is 0 Å². The molecule has 1 saturated carbocycles. The highest BCUT2D eigenvalue weighted by atomic mass is 35.5. The molecule has 1 unspecified atom stereocenters. The van der Waals surface area contributed by atoms with E-state index in [-0.39, 0.29) is 6.04 Å². The third-order valence-electron chi connectivity index (χ3n) is 3.55. The van der Waals surface area contributed by atoms with Gasteiger partial charge >= 0.3 is 0 Å². The van der Waals surface area contributed by atoms with Crippen LogP contribution in [0.15, 0.2) is 18.2 Å². The van der Waals surface area contributed by atoms with Crippen molar-refractivity contribution in [3.8, 4) is 0 Å². The highest BCUT2D eigenvalue weighted by Crippen LogP contribution is 2.30. The maximum absolute atomic E-state index is 6.19. The summed E-state index contributed by atoms with van der Waals surface area (Å²) in [6.45, 7) is 0. The van der Waals surface area contributed by atoms with Crippen molar-refractivity contribution in [2.24, 2.45) is 5.84 Å². The topological polar surface area (TPSA) is 38.0 Å². The second-order valence-electron chi connectivity index (χ2n) is 5.04. The zero-order chi connectivity index (χ0) is 13.7. The quantitative estimate of drug-likeness (QED) is 0.614. The van der Waals surface area contributed by atoms with E-state index in [0.717, 1.165) is 33.0 Å². The molecule has 2 rings (SSSR count). The number of hydrazine groups is 1. The number of nitrogens with two attached hydrogens (primary N) is 1. The maximum atomic E-state index is 6.19. The Labute approximate surface area is 129 Å². The number of benzene rings is 1. The van der Waals surface area contributed by atoms with E-state index in [9.17, 15) is 0 Å². The van der Waals surface area contributed by atoms with Crippen molar-refractivity contribution in [2.45, 2.75) is 43.4 Å². The fourth-order valence-corrected chi connectivity index (χ4v) is 4.21. The van der Waals surface area contributed by atoms with Gasteiger partial charge in [0, 0.05) is 27.1 Å². The summed E-state index contributed by atoms with van der Waals surface area (Å²) >= 11 is 14.2. The number of hydrogen-bond acceptors (Lipinski definition) is 3. The monoisotopic (exact) mass is 318 g/mol. The first-order chi connectivity index (χ1) is 9.19. The lowest BCUT2D eigenvalue weighted by atomic mass is 10.1. The molecule has 3 N–H and O–H groups in total. The molecule has 0 aromatic heterocycles. The molecule has 1 fully saturated rings. The summed E-state index contributed by atoms with van der Waals surface area (Å²) in [5.74, 6) is 6.67. The van der Waals surface area contributed by atoms with E-state index in [1.165, 1.54) is 25.7 Å². The molecule has 5 heteroatoms. The van der Waals surface area contributed by atoms with Gasteiger partial charge in [0.05, 0.1) is 0 Å². The second-order valence-corrected chi connectivity index (χ2v) is 7.22. The van der Waals surface area contributed by atoms with Crippen molar-refractivity contribution in [3.63, 3.8) is 0 Å². The van der Waals surface area contributed by atoms with E-state index in [1.807, 2.05) is 30.0 Å². The third-order valence-corrected chi connectivity index (χ3v) is 5.69. The van der Waals surface area contributed by atoms with Crippen LogP contribution < -0.4 is 11.3 Å². The van der Waals surface area contributed by atoms with Crippen LogP contribution in [0.1, 0.15) is 31.2 Å². The first kappa shape index (κ1) is 15.5. The first-order valence-corrected chi connectivity index (χ1v) is 8.51. The molecule has 0 radical (unpaired) electrons. The molecule has 19 heavy (non-hydrogen) atoms. The van der Waals surface area contributed by atoms with Gasteiger partial charge in [0.2, 0.25) is 0 Å². The Morgan fingerprint density at radius 1 is 1.32 bits per heavy atom. The number of hydrogen-bond donors (Lipinski definition) is 2. The summed E-state index contributed by atoms with van der Waals surface area (Å²) in [7, 11) is 0. The normalized spacial score (nSPS) is 17.8. The Hall–Kier alpha value is 0.0700. The van der Waals surface area contributed by atoms with Crippen molar-refractivity contribution >= 4 is 35.0 Å². The van der Waals surface area contributed by atoms with Gasteiger partial charge in [-0.15, -0.1) is 0 Å². The number of nitrogens with one attached hydrogen (secondary N) is 1. The van der Waals surface area contributed by atoms with Crippen molar-refractivity contribution in [1.29, 1.82) is 0 Å². The lowest BCUT2D eigenvalue weighted by molar-refractivity contribution is 0.574. The molecule has 106 valence electrons. The molecule has 2 nitrogen and oxygen atoms in total. The van der Waals surface area contributed by atoms with Gasteiger partial charge in [-0.25, -0.2) is 0 Å². The summed E-state index contributed by atoms with van der Waals surface area (Å²) in [4.78, 5) is 0. The summed E-state index contributed by atoms with van der Waals surface area (Å²) < 4.78 is 0. The average Bonchev–Trinajstić information content (AvgIpc) is 2.91. The van der Waals surface area contributed by atoms with E-state index in [2.05, 4.69) is 5.43 Å². The van der Waals surface area contributed by atoms with Crippen LogP contribution in [-0.4, -0.2) is 17.0 Å². The molecule has 1 aromatic rings. The summed E-state index contributed by atoms with van der Waals surface area (Å²) in [5, 5.41) is 2.29. The zero-order valence-corrected chi connectivity index (χ0v) is 13.2. The van der Waals surface area contributed by atoms with Crippen LogP contribution in [0.2, 0.25) is 10.0 Å². The fraction of sp³-hybridized carbons (Fsp3) is 0.571. The van der Waals surface area contributed by atoms with Gasteiger partial charge in [-0.1, -0.05) is 36.0 Å². The molecule has 1 atom stereocenters. The Kier molecular flexibility index (Phi) is 6.30. The molecular weight excluding hydrogens is 299 g/mol. The van der Waals surface area contributed by atoms with E-state index >= 15 is 0 Å². The Balaban J connectivity index is 1.88. The van der Waals surface area contributed by atoms with Gasteiger partial charge in [0.15, 0.2) is 0 Å². The number of halogens is 2. The summed E-state index contributed by atoms with van der Waals surface area (Å²) in [6, 6.07) is 5.82. The number of thioether (sulfide) groups is 1. The van der Waals surface area contributed by atoms with E-state index < -0.39 is 0 Å². The minimum atomic E-state index is 0.238. The highest BCUT2D eigenvalue weighted by Gasteiger charge is 2.18. The smallest absolute Gasteiger partial charge is 0.0439 e. The van der Waals surface area contributed by atoms with Gasteiger partial charge in [0.25, 0.3) is 0 Å². The fourth-order valence-electron chi connectivity index (χ4n) is 2.44. The molecule has 0 amide bonds. The average molecular weight is 319 g/mol. The zero-order valence-electron chi connectivity index (χ0n) is 10.9. The molecule has 0 spiro atoms. The van der Waals surface area contributed by atoms with Gasteiger partial charge in [-0.3, -0.25) is 11.3 Å². The largest absolute Gasteiger partial charge is 0.271 e. The Morgan fingerprint density at radius 2 is 2.05 bits per heavy atom. The molecule has 0 saturated heterocycles. The van der Waals surface area contributed by atoms with E-state index in [1.54, 1.807) is 0 Å². The van der Waals surface area contributed by atoms with Gasteiger partial charge < -0.3 is 0 Å². The number of rotatable bonds is 6. The van der Waals surface area contributed by atoms with Crippen LogP contribution in [0.5, 0.6) is 0 Å². The molecule has 1 aliphatic carbocycles. The molecule has 0 bridgehead atoms. The van der Waals surface area contributed by atoms with Crippen LogP contribution in [-0.2, 0) is 6.42 Å². The van der Waals surface area contributed by atoms with E-state index in [0.29, 0.717) is 0 Å². The van der Waals surface area contributed by atoms with Gasteiger partial charge in [-0.2, -0.15) is 11.8 Å². The minimum Gasteiger partial charge on any atom is -0.271 e. The van der Waals surface area contributed by atoms with Crippen LogP contribution >= 0.6 is 35.0 Å². The highest BCUT2D eigenvalue weighted by molar-refractivity contribution is 7.99. The Morgan fingerprint density at radius 3 is 2.74 bits per heavy atom. The molecular formula is C14H20Cl2N2S. The molecule has 1 aromatic carbocycles. The molecule has 0 heterocycles. The molecule has 0 aliphatic heterocycles. The first-order valence-electron chi connectivity index (χ1n) is 6.70. The maximum Gasteiger partial charge on any atom is 0.0439 e. The van der Waals surface area contributed by atoms with Gasteiger partial charge in [-0.05, 0) is 43.0 Å².